The van der Waals surface area contributed by atoms with Gasteiger partial charge in [-0.15, -0.1) is 0 Å². The number of amides is 2. The fourth-order valence-corrected chi connectivity index (χ4v) is 2.78. The minimum absolute atomic E-state index is 0.0269. The molecule has 0 aromatic carbocycles. The number of piperazine rings is 1. The summed E-state index contributed by atoms with van der Waals surface area (Å²) >= 11 is 0. The van der Waals surface area contributed by atoms with Gasteiger partial charge in [0.15, 0.2) is 0 Å². The highest BCUT2D eigenvalue weighted by atomic mass is 16.5. The van der Waals surface area contributed by atoms with Gasteiger partial charge < -0.3 is 15.0 Å². The maximum Gasteiger partial charge on any atom is 0.248 e. The summed E-state index contributed by atoms with van der Waals surface area (Å²) in [5.41, 5.74) is -1.57. The van der Waals surface area contributed by atoms with Crippen LogP contribution in [0.4, 0.5) is 0 Å². The Labute approximate surface area is 122 Å². The zero-order valence-corrected chi connectivity index (χ0v) is 13.4. The van der Waals surface area contributed by atoms with Gasteiger partial charge in [0.05, 0.1) is 6.61 Å². The fraction of sp³-hybridized carbons (Fsp3) is 0.867. The first-order valence-corrected chi connectivity index (χ1v) is 7.58. The Hall–Kier alpha value is -1.10. The van der Waals surface area contributed by atoms with Crippen molar-refractivity contribution < 1.29 is 14.3 Å². The molecule has 1 aliphatic heterocycles. The molecule has 1 heterocycles. The summed E-state index contributed by atoms with van der Waals surface area (Å²) in [5.74, 6) is -0.0801. The quantitative estimate of drug-likeness (QED) is 0.724. The van der Waals surface area contributed by atoms with E-state index in [1.165, 1.54) is 0 Å². The Morgan fingerprint density at radius 2 is 1.70 bits per heavy atom. The molecule has 116 valence electrons. The number of nitrogens with zero attached hydrogens (tertiary/aromatic N) is 1. The summed E-state index contributed by atoms with van der Waals surface area (Å²) in [6, 6.07) is 0. The van der Waals surface area contributed by atoms with Gasteiger partial charge in [0.2, 0.25) is 11.8 Å². The third kappa shape index (κ3) is 2.97. The summed E-state index contributed by atoms with van der Waals surface area (Å²) in [6.07, 6.45) is 2.18. The minimum Gasteiger partial charge on any atom is -0.380 e. The van der Waals surface area contributed by atoms with E-state index in [0.717, 1.165) is 6.42 Å². The van der Waals surface area contributed by atoms with Gasteiger partial charge in [0.1, 0.15) is 11.1 Å². The van der Waals surface area contributed by atoms with Crippen molar-refractivity contribution in [3.05, 3.63) is 0 Å². The molecule has 0 bridgehead atoms. The van der Waals surface area contributed by atoms with Crippen LogP contribution in [0.15, 0.2) is 0 Å². The van der Waals surface area contributed by atoms with Crippen molar-refractivity contribution in [2.24, 2.45) is 0 Å². The summed E-state index contributed by atoms with van der Waals surface area (Å²) in [4.78, 5) is 26.9. The summed E-state index contributed by atoms with van der Waals surface area (Å²) < 4.78 is 5.49. The molecule has 5 heteroatoms. The standard InChI is InChI=1S/C15H28N2O3/c1-6-10-20-11-9-17-13(19)14(4,5)16-12(18)15(17,7-2)8-3/h6-11H2,1-5H3,(H,16,18). The Morgan fingerprint density at radius 1 is 1.10 bits per heavy atom. The zero-order chi connectivity index (χ0) is 15.4. The van der Waals surface area contributed by atoms with Gasteiger partial charge in [-0.05, 0) is 33.1 Å². The number of hydrogen-bond donors (Lipinski definition) is 1. The summed E-state index contributed by atoms with van der Waals surface area (Å²) in [6.45, 7) is 11.1. The van der Waals surface area contributed by atoms with Gasteiger partial charge in [-0.3, -0.25) is 9.59 Å². The van der Waals surface area contributed by atoms with Crippen LogP contribution in [0, 0.1) is 0 Å². The lowest BCUT2D eigenvalue weighted by Crippen LogP contribution is -2.74. The number of rotatable bonds is 7. The van der Waals surface area contributed by atoms with E-state index in [4.69, 9.17) is 4.74 Å². The molecular weight excluding hydrogens is 256 g/mol. The zero-order valence-electron chi connectivity index (χ0n) is 13.4. The predicted molar refractivity (Wildman–Crippen MR) is 78.4 cm³/mol. The maximum absolute atomic E-state index is 12.6. The molecule has 0 spiro atoms. The van der Waals surface area contributed by atoms with Crippen LogP contribution in [-0.4, -0.2) is 47.6 Å². The molecule has 0 atom stereocenters. The van der Waals surface area contributed by atoms with E-state index in [9.17, 15) is 9.59 Å². The maximum atomic E-state index is 12.6. The molecule has 2 amide bonds. The van der Waals surface area contributed by atoms with Crippen molar-refractivity contribution in [3.8, 4) is 0 Å². The largest absolute Gasteiger partial charge is 0.380 e. The normalized spacial score (nSPS) is 20.9. The van der Waals surface area contributed by atoms with Gasteiger partial charge in [-0.1, -0.05) is 20.8 Å². The van der Waals surface area contributed by atoms with Crippen LogP contribution < -0.4 is 5.32 Å². The molecule has 0 aromatic rings. The molecule has 1 aliphatic rings. The summed E-state index contributed by atoms with van der Waals surface area (Å²) in [7, 11) is 0. The highest BCUT2D eigenvalue weighted by Crippen LogP contribution is 2.31. The van der Waals surface area contributed by atoms with Gasteiger partial charge in [-0.2, -0.15) is 0 Å². The monoisotopic (exact) mass is 284 g/mol. The molecule has 0 aliphatic carbocycles. The molecule has 0 aromatic heterocycles. The van der Waals surface area contributed by atoms with Gasteiger partial charge in [-0.25, -0.2) is 0 Å². The number of nitrogens with one attached hydrogen (secondary N) is 1. The first-order chi connectivity index (χ1) is 9.35. The predicted octanol–water partition coefficient (Wildman–Crippen LogP) is 1.71. The molecule has 1 rings (SSSR count). The lowest BCUT2D eigenvalue weighted by atomic mass is 9.83. The van der Waals surface area contributed by atoms with Crippen LogP contribution in [0.5, 0.6) is 0 Å². The van der Waals surface area contributed by atoms with Crippen molar-refractivity contribution in [2.45, 2.75) is 65.0 Å². The Balaban J connectivity index is 2.95. The highest BCUT2D eigenvalue weighted by Gasteiger charge is 2.53. The molecule has 1 saturated heterocycles. The van der Waals surface area contributed by atoms with Crippen LogP contribution >= 0.6 is 0 Å². The second-order valence-electron chi connectivity index (χ2n) is 5.89. The molecule has 1 N–H and O–H groups in total. The van der Waals surface area contributed by atoms with E-state index in [0.29, 0.717) is 32.6 Å². The fourth-order valence-electron chi connectivity index (χ4n) is 2.78. The van der Waals surface area contributed by atoms with E-state index >= 15 is 0 Å². The SMILES string of the molecule is CCCOCCN1C(=O)C(C)(C)NC(=O)C1(CC)CC. The van der Waals surface area contributed by atoms with Crippen LogP contribution in [-0.2, 0) is 14.3 Å². The van der Waals surface area contributed by atoms with Crippen molar-refractivity contribution >= 4 is 11.8 Å². The molecule has 5 nitrogen and oxygen atoms in total. The molecule has 0 saturated carbocycles. The Bertz CT molecular complexity index is 362. The van der Waals surface area contributed by atoms with E-state index < -0.39 is 11.1 Å². The van der Waals surface area contributed by atoms with Crippen LogP contribution in [0.25, 0.3) is 0 Å². The molecular formula is C15H28N2O3. The topological polar surface area (TPSA) is 58.6 Å². The van der Waals surface area contributed by atoms with E-state index in [1.807, 2.05) is 20.8 Å². The van der Waals surface area contributed by atoms with E-state index in [1.54, 1.807) is 18.7 Å². The third-order valence-corrected chi connectivity index (χ3v) is 4.12. The molecule has 20 heavy (non-hydrogen) atoms. The molecule has 0 unspecified atom stereocenters. The average Bonchev–Trinajstić information content (AvgIpc) is 2.40. The Kier molecular flexibility index (Phi) is 5.57. The minimum atomic E-state index is -0.838. The van der Waals surface area contributed by atoms with E-state index in [2.05, 4.69) is 5.32 Å². The van der Waals surface area contributed by atoms with Gasteiger partial charge in [0.25, 0.3) is 0 Å². The lowest BCUT2D eigenvalue weighted by Gasteiger charge is -2.50. The number of carbonyl (C=O) groups excluding carboxylic acids is 2. The number of hydrogen-bond acceptors (Lipinski definition) is 3. The number of carbonyl (C=O) groups is 2. The first kappa shape index (κ1) is 17.0. The van der Waals surface area contributed by atoms with Crippen molar-refractivity contribution in [1.82, 2.24) is 10.2 Å². The smallest absolute Gasteiger partial charge is 0.248 e. The van der Waals surface area contributed by atoms with Crippen molar-refractivity contribution in [2.75, 3.05) is 19.8 Å². The third-order valence-electron chi connectivity index (χ3n) is 4.12. The lowest BCUT2D eigenvalue weighted by molar-refractivity contribution is -0.163. The van der Waals surface area contributed by atoms with Crippen molar-refractivity contribution in [1.29, 1.82) is 0 Å². The van der Waals surface area contributed by atoms with Crippen LogP contribution in [0.2, 0.25) is 0 Å². The van der Waals surface area contributed by atoms with Gasteiger partial charge in [0, 0.05) is 13.2 Å². The average molecular weight is 284 g/mol. The second-order valence-corrected chi connectivity index (χ2v) is 5.89. The van der Waals surface area contributed by atoms with Crippen LogP contribution in [0.1, 0.15) is 53.9 Å². The second kappa shape index (κ2) is 6.57. The molecule has 1 fully saturated rings. The van der Waals surface area contributed by atoms with Gasteiger partial charge >= 0.3 is 0 Å². The first-order valence-electron chi connectivity index (χ1n) is 7.58. The van der Waals surface area contributed by atoms with E-state index in [-0.39, 0.29) is 11.8 Å². The molecule has 0 radical (unpaired) electrons. The highest BCUT2D eigenvalue weighted by molar-refractivity contribution is 6.01. The van der Waals surface area contributed by atoms with Crippen LogP contribution in [0.3, 0.4) is 0 Å². The number of ether oxygens (including phenoxy) is 1. The summed E-state index contributed by atoms with van der Waals surface area (Å²) in [5, 5.41) is 2.86. The Morgan fingerprint density at radius 3 is 2.20 bits per heavy atom. The van der Waals surface area contributed by atoms with Crippen molar-refractivity contribution in [3.63, 3.8) is 0 Å².